The lowest BCUT2D eigenvalue weighted by Gasteiger charge is -2.22. The molecule has 1 aromatic carbocycles. The van der Waals surface area contributed by atoms with E-state index < -0.39 is 17.7 Å². The normalized spacial score (nSPS) is 12.4. The predicted octanol–water partition coefficient (Wildman–Crippen LogP) is 4.38. The van der Waals surface area contributed by atoms with Crippen molar-refractivity contribution in [1.29, 1.82) is 0 Å². The molecular weight excluding hydrogens is 338 g/mol. The maximum absolute atomic E-state index is 14.4. The molecule has 0 fully saturated rings. The summed E-state index contributed by atoms with van der Waals surface area (Å²) in [6.45, 7) is 4.47. The Bertz CT molecular complexity index is 632. The molecule has 0 spiro atoms. The van der Waals surface area contributed by atoms with Gasteiger partial charge >= 0.3 is 0 Å². The molecule has 1 N–H and O–H groups in total. The van der Waals surface area contributed by atoms with Crippen LogP contribution in [0.2, 0.25) is 0 Å². The topological polar surface area (TPSA) is 24.9 Å². The number of hydrogen-bond donors (Lipinski definition) is 1. The molecule has 0 saturated heterocycles. The van der Waals surface area contributed by atoms with Gasteiger partial charge in [-0.1, -0.05) is 19.9 Å². The molecule has 112 valence electrons. The second kappa shape index (κ2) is 7.09. The van der Waals surface area contributed by atoms with Crippen molar-refractivity contribution in [2.75, 3.05) is 6.54 Å². The van der Waals surface area contributed by atoms with Crippen LogP contribution in [0.4, 0.5) is 8.78 Å². The largest absolute Gasteiger partial charge is 0.305 e. The predicted molar refractivity (Wildman–Crippen MR) is 83.2 cm³/mol. The molecule has 1 heterocycles. The van der Waals surface area contributed by atoms with Crippen LogP contribution in [0.15, 0.2) is 34.9 Å². The van der Waals surface area contributed by atoms with Crippen molar-refractivity contribution in [3.05, 3.63) is 63.4 Å². The summed E-state index contributed by atoms with van der Waals surface area (Å²) in [5, 5.41) is 3.14. The first-order valence-corrected chi connectivity index (χ1v) is 7.70. The Morgan fingerprint density at radius 2 is 2.00 bits per heavy atom. The van der Waals surface area contributed by atoms with Crippen LogP contribution >= 0.6 is 15.9 Å². The van der Waals surface area contributed by atoms with Gasteiger partial charge < -0.3 is 5.32 Å². The van der Waals surface area contributed by atoms with Gasteiger partial charge in [0, 0.05) is 11.8 Å². The lowest BCUT2D eigenvalue weighted by molar-refractivity contribution is 0.500. The number of aryl methyl sites for hydroxylation is 1. The first-order chi connectivity index (χ1) is 10.1. The molecule has 21 heavy (non-hydrogen) atoms. The van der Waals surface area contributed by atoms with E-state index in [2.05, 4.69) is 26.2 Å². The average Bonchev–Trinajstić information content (AvgIpc) is 2.50. The van der Waals surface area contributed by atoms with Crippen LogP contribution in [0, 0.1) is 11.6 Å². The van der Waals surface area contributed by atoms with Crippen LogP contribution in [-0.2, 0) is 6.42 Å². The molecule has 2 nitrogen and oxygen atoms in total. The molecule has 0 radical (unpaired) electrons. The first kappa shape index (κ1) is 16.0. The SMILES string of the molecule is CCNC(c1ncccc1CC)c1c(F)ccc(Br)c1F. The van der Waals surface area contributed by atoms with Crippen LogP contribution < -0.4 is 5.32 Å². The summed E-state index contributed by atoms with van der Waals surface area (Å²) in [7, 11) is 0. The molecule has 0 amide bonds. The second-order valence-electron chi connectivity index (χ2n) is 4.65. The molecule has 2 rings (SSSR count). The van der Waals surface area contributed by atoms with Crippen molar-refractivity contribution < 1.29 is 8.78 Å². The smallest absolute Gasteiger partial charge is 0.145 e. The van der Waals surface area contributed by atoms with Gasteiger partial charge in [0.1, 0.15) is 11.6 Å². The minimum Gasteiger partial charge on any atom is -0.305 e. The number of halogens is 3. The highest BCUT2D eigenvalue weighted by molar-refractivity contribution is 9.10. The molecule has 2 aromatic rings. The minimum atomic E-state index is -0.608. The quantitative estimate of drug-likeness (QED) is 0.805. The molecule has 1 unspecified atom stereocenters. The van der Waals surface area contributed by atoms with Crippen LogP contribution in [0.3, 0.4) is 0 Å². The Balaban J connectivity index is 2.62. The standard InChI is InChI=1S/C16H17BrF2N2/c1-3-10-6-5-9-21-15(10)16(20-4-2)13-12(18)8-7-11(17)14(13)19/h5-9,16,20H,3-4H2,1-2H3. The van der Waals surface area contributed by atoms with Gasteiger partial charge in [-0.2, -0.15) is 0 Å². The van der Waals surface area contributed by atoms with E-state index in [1.165, 1.54) is 12.1 Å². The van der Waals surface area contributed by atoms with E-state index in [-0.39, 0.29) is 10.0 Å². The van der Waals surface area contributed by atoms with Crippen LogP contribution in [0.1, 0.15) is 36.7 Å². The molecule has 1 aromatic heterocycles. The zero-order chi connectivity index (χ0) is 15.4. The highest BCUT2D eigenvalue weighted by Crippen LogP contribution is 2.31. The van der Waals surface area contributed by atoms with E-state index in [0.717, 1.165) is 12.0 Å². The first-order valence-electron chi connectivity index (χ1n) is 6.90. The van der Waals surface area contributed by atoms with Gasteiger partial charge in [0.2, 0.25) is 0 Å². The molecule has 5 heteroatoms. The fraction of sp³-hybridized carbons (Fsp3) is 0.312. The van der Waals surface area contributed by atoms with E-state index in [1.807, 2.05) is 26.0 Å². The van der Waals surface area contributed by atoms with Crippen molar-refractivity contribution in [1.82, 2.24) is 10.3 Å². The van der Waals surface area contributed by atoms with Gasteiger partial charge in [-0.3, -0.25) is 4.98 Å². The summed E-state index contributed by atoms with van der Waals surface area (Å²) < 4.78 is 28.8. The van der Waals surface area contributed by atoms with Crippen LogP contribution in [0.25, 0.3) is 0 Å². The Kier molecular flexibility index (Phi) is 5.42. The molecule has 0 aliphatic rings. The van der Waals surface area contributed by atoms with E-state index in [0.29, 0.717) is 12.2 Å². The third-order valence-electron chi connectivity index (χ3n) is 3.36. The fourth-order valence-electron chi connectivity index (χ4n) is 2.36. The molecule has 1 atom stereocenters. The zero-order valence-corrected chi connectivity index (χ0v) is 13.5. The van der Waals surface area contributed by atoms with Crippen LogP contribution in [-0.4, -0.2) is 11.5 Å². The minimum absolute atomic E-state index is 0.000347. The van der Waals surface area contributed by atoms with E-state index in [4.69, 9.17) is 0 Å². The number of nitrogens with one attached hydrogen (secondary N) is 1. The summed E-state index contributed by atoms with van der Waals surface area (Å²) in [6, 6.07) is 5.79. The highest BCUT2D eigenvalue weighted by atomic mass is 79.9. The second-order valence-corrected chi connectivity index (χ2v) is 5.50. The van der Waals surface area contributed by atoms with Gasteiger partial charge in [-0.05, 0) is 52.7 Å². The number of pyridine rings is 1. The number of hydrogen-bond acceptors (Lipinski definition) is 2. The lowest BCUT2D eigenvalue weighted by Crippen LogP contribution is -2.26. The lowest BCUT2D eigenvalue weighted by atomic mass is 9.97. The number of aromatic nitrogens is 1. The fourth-order valence-corrected chi connectivity index (χ4v) is 2.70. The summed E-state index contributed by atoms with van der Waals surface area (Å²) in [6.07, 6.45) is 2.40. The van der Waals surface area contributed by atoms with Crippen LogP contribution in [0.5, 0.6) is 0 Å². The van der Waals surface area contributed by atoms with E-state index in [9.17, 15) is 8.78 Å². The zero-order valence-electron chi connectivity index (χ0n) is 12.0. The molecular formula is C16H17BrF2N2. The van der Waals surface area contributed by atoms with Gasteiger partial charge in [0.05, 0.1) is 16.2 Å². The Hall–Kier alpha value is -1.33. The number of nitrogens with zero attached hydrogens (tertiary/aromatic N) is 1. The van der Waals surface area contributed by atoms with E-state index >= 15 is 0 Å². The summed E-state index contributed by atoms with van der Waals surface area (Å²) in [4.78, 5) is 4.35. The highest BCUT2D eigenvalue weighted by Gasteiger charge is 2.25. The van der Waals surface area contributed by atoms with E-state index in [1.54, 1.807) is 6.20 Å². The van der Waals surface area contributed by atoms with Crippen molar-refractivity contribution in [2.45, 2.75) is 26.3 Å². The summed E-state index contributed by atoms with van der Waals surface area (Å²) >= 11 is 3.12. The van der Waals surface area contributed by atoms with Crippen molar-refractivity contribution in [2.24, 2.45) is 0 Å². The third kappa shape index (κ3) is 3.30. The van der Waals surface area contributed by atoms with Gasteiger partial charge in [0.15, 0.2) is 0 Å². The average molecular weight is 355 g/mol. The Morgan fingerprint density at radius 3 is 2.67 bits per heavy atom. The monoisotopic (exact) mass is 354 g/mol. The van der Waals surface area contributed by atoms with Crippen molar-refractivity contribution >= 4 is 15.9 Å². The molecule has 0 bridgehead atoms. The Morgan fingerprint density at radius 1 is 1.24 bits per heavy atom. The van der Waals surface area contributed by atoms with Crippen molar-refractivity contribution in [3.63, 3.8) is 0 Å². The van der Waals surface area contributed by atoms with Gasteiger partial charge in [0.25, 0.3) is 0 Å². The summed E-state index contributed by atoms with van der Waals surface area (Å²) in [5.41, 5.74) is 1.64. The third-order valence-corrected chi connectivity index (χ3v) is 3.97. The molecule has 0 aliphatic carbocycles. The number of rotatable bonds is 5. The van der Waals surface area contributed by atoms with Gasteiger partial charge in [-0.15, -0.1) is 0 Å². The molecule has 0 aliphatic heterocycles. The maximum atomic E-state index is 14.4. The Labute approximate surface area is 131 Å². The molecule has 0 saturated carbocycles. The number of benzene rings is 1. The summed E-state index contributed by atoms with van der Waals surface area (Å²) in [5.74, 6) is -1.16. The van der Waals surface area contributed by atoms with Crippen molar-refractivity contribution in [3.8, 4) is 0 Å². The maximum Gasteiger partial charge on any atom is 0.145 e. The van der Waals surface area contributed by atoms with Gasteiger partial charge in [-0.25, -0.2) is 8.78 Å².